The van der Waals surface area contributed by atoms with Gasteiger partial charge in [-0.25, -0.2) is 0 Å². The maximum absolute atomic E-state index is 4.93. The Morgan fingerprint density at radius 2 is 0.692 bits per heavy atom. The molecule has 3 heteroatoms. The van der Waals surface area contributed by atoms with Gasteiger partial charge in [-0.15, -0.1) is 0 Å². The second-order valence-corrected chi connectivity index (χ2v) is 14.3. The van der Waals surface area contributed by atoms with E-state index in [0.29, 0.717) is 11.8 Å². The first-order valence-electron chi connectivity index (χ1n) is 14.3. The van der Waals surface area contributed by atoms with Crippen molar-refractivity contribution in [2.45, 2.75) is 52.4 Å². The molecule has 0 saturated heterocycles. The molecule has 0 amide bonds. The van der Waals surface area contributed by atoms with Crippen LogP contribution < -0.4 is 0 Å². The molecule has 0 aromatic carbocycles. The van der Waals surface area contributed by atoms with Crippen LogP contribution >= 0.6 is 17.0 Å². The number of fused-ring (bicyclic) bond motifs is 6. The van der Waals surface area contributed by atoms with Gasteiger partial charge in [0.05, 0.1) is 0 Å². The van der Waals surface area contributed by atoms with Gasteiger partial charge in [0.15, 0.2) is 0 Å². The summed E-state index contributed by atoms with van der Waals surface area (Å²) in [7, 11) is 9.87. The molecule has 0 N–H and O–H groups in total. The van der Waals surface area contributed by atoms with Gasteiger partial charge < -0.3 is 0 Å². The van der Waals surface area contributed by atoms with Crippen molar-refractivity contribution < 1.29 is 20.8 Å². The molecule has 0 nitrogen and oxygen atoms in total. The first-order valence-corrected chi connectivity index (χ1v) is 20.7. The van der Waals surface area contributed by atoms with Gasteiger partial charge in [0.25, 0.3) is 0 Å². The Morgan fingerprint density at radius 1 is 0.462 bits per heavy atom. The average molecular weight is 631 g/mol. The van der Waals surface area contributed by atoms with Crippen LogP contribution in [0.15, 0.2) is 97.2 Å². The Balaban J connectivity index is 0.000000983. The van der Waals surface area contributed by atoms with Crippen LogP contribution in [0.4, 0.5) is 0 Å². The Labute approximate surface area is 256 Å². The molecule has 0 aromatic heterocycles. The summed E-state index contributed by atoms with van der Waals surface area (Å²) in [6.45, 7) is 4.68. The minimum atomic E-state index is -0.826. The molecule has 10 radical (unpaired) electrons. The van der Waals surface area contributed by atoms with Crippen LogP contribution in [-0.2, 0) is 20.8 Å². The van der Waals surface area contributed by atoms with E-state index >= 15 is 0 Å². The van der Waals surface area contributed by atoms with Gasteiger partial charge >= 0.3 is 37.9 Å². The van der Waals surface area contributed by atoms with Crippen LogP contribution in [0.25, 0.3) is 0 Å². The first-order chi connectivity index (χ1) is 19.2. The second-order valence-electron chi connectivity index (χ2n) is 10.6. The molecule has 2 unspecified atom stereocenters. The van der Waals surface area contributed by atoms with E-state index in [2.05, 4.69) is 111 Å². The summed E-state index contributed by atoms with van der Waals surface area (Å²) in [4.78, 5) is 0. The van der Waals surface area contributed by atoms with E-state index in [9.17, 15) is 0 Å². The van der Waals surface area contributed by atoms with Crippen LogP contribution in [0, 0.1) is 71.0 Å². The SMILES string of the molecule is CCCCC([C]1[C]2C=CC=C[C]2[C]2C=CC=C[C]21)C(CCCC)[C]1[C]2C=CC=C[C]2[C]2C=CC=C[C]21.[Cl][Zr+2][Cl]. The van der Waals surface area contributed by atoms with E-state index in [1.54, 1.807) is 11.8 Å². The molecular weight excluding hydrogens is 595 g/mol. The molecule has 2 saturated carbocycles. The average Bonchev–Trinajstić information content (AvgIpc) is 3.49. The Hall–Kier alpha value is -0.617. The molecule has 6 aliphatic carbocycles. The van der Waals surface area contributed by atoms with E-state index in [4.69, 9.17) is 17.0 Å². The monoisotopic (exact) mass is 628 g/mol. The van der Waals surface area contributed by atoms with E-state index in [1.165, 1.54) is 85.9 Å². The van der Waals surface area contributed by atoms with Gasteiger partial charge in [-0.2, -0.15) is 0 Å². The molecule has 6 rings (SSSR count). The van der Waals surface area contributed by atoms with Crippen LogP contribution in [0.3, 0.4) is 0 Å². The van der Waals surface area contributed by atoms with E-state index in [0.717, 1.165) is 0 Å². The molecule has 0 spiro atoms. The summed E-state index contributed by atoms with van der Waals surface area (Å²) < 4.78 is 0. The van der Waals surface area contributed by atoms with Gasteiger partial charge in [-0.1, -0.05) is 137 Å². The molecule has 0 heterocycles. The van der Waals surface area contributed by atoms with Gasteiger partial charge in [0, 0.05) is 59.2 Å². The number of hydrogen-bond donors (Lipinski definition) is 0. The van der Waals surface area contributed by atoms with Crippen molar-refractivity contribution in [2.24, 2.45) is 11.8 Å². The molecule has 6 aliphatic rings. The Bertz CT molecular complexity index is 894. The molecular formula is C36H36Cl2Zr+2. The minimum absolute atomic E-state index is 0.496. The van der Waals surface area contributed by atoms with Crippen molar-refractivity contribution in [1.82, 2.24) is 0 Å². The fraction of sp³-hybridized carbons (Fsp3) is 0.278. The maximum atomic E-state index is 4.93. The first kappa shape index (κ1) is 29.9. The summed E-state index contributed by atoms with van der Waals surface area (Å²) in [6.07, 6.45) is 44.0. The zero-order chi connectivity index (χ0) is 27.2. The third kappa shape index (κ3) is 6.13. The molecule has 0 aromatic rings. The van der Waals surface area contributed by atoms with Crippen LogP contribution in [-0.4, -0.2) is 0 Å². The fourth-order valence-corrected chi connectivity index (χ4v) is 6.84. The topological polar surface area (TPSA) is 0 Å². The zero-order valence-corrected chi connectivity index (χ0v) is 26.9. The van der Waals surface area contributed by atoms with Gasteiger partial charge in [0.2, 0.25) is 0 Å². The van der Waals surface area contributed by atoms with E-state index in [-0.39, 0.29) is 0 Å². The molecule has 0 bridgehead atoms. The van der Waals surface area contributed by atoms with Gasteiger partial charge in [-0.3, -0.25) is 0 Å². The van der Waals surface area contributed by atoms with Gasteiger partial charge in [0.1, 0.15) is 0 Å². The zero-order valence-electron chi connectivity index (χ0n) is 22.9. The summed E-state index contributed by atoms with van der Waals surface area (Å²) in [5, 5.41) is 0. The Kier molecular flexibility index (Phi) is 11.1. The number of hydrogen-bond acceptors (Lipinski definition) is 0. The fourth-order valence-electron chi connectivity index (χ4n) is 6.84. The predicted octanol–water partition coefficient (Wildman–Crippen LogP) is 10.3. The molecule has 2 fully saturated rings. The third-order valence-electron chi connectivity index (χ3n) is 8.41. The summed E-state index contributed by atoms with van der Waals surface area (Å²) >= 11 is -0.826. The predicted molar refractivity (Wildman–Crippen MR) is 163 cm³/mol. The molecule has 39 heavy (non-hydrogen) atoms. The number of rotatable bonds is 9. The standard InChI is InChI=1S/C36H36.2ClH.Zr/c1-3-5-15-33(35-29-21-11-7-17-25(29)26-18-8-12-22-30(26)35)34(16-6-4-2)36-31-23-13-9-19-27(31)28-20-10-14-24-32(28)36;;;/h7-14,17-24,33-34H,3-6,15-16H2,1-2H3;2*1H;/q;;;+4/p-2. The second kappa shape index (κ2) is 14.5. The number of unbranched alkanes of at least 4 members (excludes halogenated alkanes) is 2. The van der Waals surface area contributed by atoms with Crippen molar-refractivity contribution in [3.05, 3.63) is 156 Å². The molecule has 2 atom stereocenters. The van der Waals surface area contributed by atoms with E-state index in [1.807, 2.05) is 0 Å². The summed E-state index contributed by atoms with van der Waals surface area (Å²) in [6, 6.07) is 0. The number of halogens is 2. The normalized spacial score (nSPS) is 25.4. The van der Waals surface area contributed by atoms with Crippen molar-refractivity contribution in [3.8, 4) is 0 Å². The summed E-state index contributed by atoms with van der Waals surface area (Å²) in [5.41, 5.74) is 0. The van der Waals surface area contributed by atoms with Crippen LogP contribution in [0.2, 0.25) is 0 Å². The van der Waals surface area contributed by atoms with E-state index < -0.39 is 20.8 Å². The quantitative estimate of drug-likeness (QED) is 0.238. The van der Waals surface area contributed by atoms with Crippen molar-refractivity contribution >= 4 is 17.0 Å². The van der Waals surface area contributed by atoms with Crippen LogP contribution in [0.1, 0.15) is 52.4 Å². The molecule has 0 aliphatic heterocycles. The van der Waals surface area contributed by atoms with Crippen molar-refractivity contribution in [2.75, 3.05) is 0 Å². The molecule has 196 valence electrons. The third-order valence-corrected chi connectivity index (χ3v) is 8.41. The van der Waals surface area contributed by atoms with Gasteiger partial charge in [-0.05, 0) is 24.7 Å². The van der Waals surface area contributed by atoms with Crippen LogP contribution in [0.5, 0.6) is 0 Å². The summed E-state index contributed by atoms with van der Waals surface area (Å²) in [5.74, 6) is 15.7. The van der Waals surface area contributed by atoms with Crippen molar-refractivity contribution in [1.29, 1.82) is 0 Å². The van der Waals surface area contributed by atoms with Crippen molar-refractivity contribution in [3.63, 3.8) is 0 Å². The number of allylic oxidation sites excluding steroid dienone is 16. The Morgan fingerprint density at radius 3 is 0.923 bits per heavy atom.